The molecule has 0 radical (unpaired) electrons. The molecule has 112 valence electrons. The zero-order valence-electron chi connectivity index (χ0n) is 12.3. The van der Waals surface area contributed by atoms with Crippen LogP contribution in [0, 0.1) is 0 Å². The molecule has 1 aromatic carbocycles. The van der Waals surface area contributed by atoms with Gasteiger partial charge in [0.05, 0.1) is 6.61 Å². The first-order valence-electron chi connectivity index (χ1n) is 6.92. The molecule has 0 aliphatic carbocycles. The summed E-state index contributed by atoms with van der Waals surface area (Å²) in [5, 5.41) is 12.2. The van der Waals surface area contributed by atoms with E-state index >= 15 is 0 Å². The molecule has 0 bridgehead atoms. The number of benzene rings is 1. The van der Waals surface area contributed by atoms with Crippen molar-refractivity contribution in [2.45, 2.75) is 39.3 Å². The van der Waals surface area contributed by atoms with E-state index in [4.69, 9.17) is 14.6 Å². The van der Waals surface area contributed by atoms with Gasteiger partial charge in [-0.2, -0.15) is 0 Å². The molecule has 0 aromatic heterocycles. The fraction of sp³-hybridized carbons (Fsp3) is 0.533. The molecule has 1 rings (SSSR count). The van der Waals surface area contributed by atoms with Crippen molar-refractivity contribution in [3.05, 3.63) is 23.8 Å². The van der Waals surface area contributed by atoms with Crippen LogP contribution in [-0.2, 0) is 11.3 Å². The first-order valence-corrected chi connectivity index (χ1v) is 6.92. The molecule has 5 heteroatoms. The molecule has 1 aromatic rings. The zero-order valence-corrected chi connectivity index (χ0v) is 12.3. The van der Waals surface area contributed by atoms with Crippen LogP contribution < -0.4 is 14.8 Å². The van der Waals surface area contributed by atoms with E-state index in [0.717, 1.165) is 18.5 Å². The van der Waals surface area contributed by atoms with E-state index in [1.54, 1.807) is 6.07 Å². The van der Waals surface area contributed by atoms with Crippen molar-refractivity contribution in [1.82, 2.24) is 5.32 Å². The minimum atomic E-state index is -0.950. The van der Waals surface area contributed by atoms with Crippen LogP contribution in [0.2, 0.25) is 0 Å². The lowest BCUT2D eigenvalue weighted by Gasteiger charge is -2.18. The highest BCUT2D eigenvalue weighted by Crippen LogP contribution is 2.30. The highest BCUT2D eigenvalue weighted by Gasteiger charge is 2.20. The van der Waals surface area contributed by atoms with Crippen LogP contribution in [-0.4, -0.2) is 30.8 Å². The third-order valence-corrected chi connectivity index (χ3v) is 2.78. The largest absolute Gasteiger partial charge is 0.490 e. The fourth-order valence-corrected chi connectivity index (χ4v) is 1.88. The minimum absolute atomic E-state index is 0.471. The summed E-state index contributed by atoms with van der Waals surface area (Å²) in [6, 6.07) is 5.54. The number of carboxylic acid groups (broad SMARTS) is 1. The van der Waals surface area contributed by atoms with E-state index in [9.17, 15) is 4.79 Å². The Morgan fingerprint density at radius 2 is 2.10 bits per heavy atom. The lowest BCUT2D eigenvalue weighted by Crippen LogP contribution is -2.27. The van der Waals surface area contributed by atoms with Gasteiger partial charge < -0.3 is 19.9 Å². The van der Waals surface area contributed by atoms with Crippen molar-refractivity contribution in [1.29, 1.82) is 0 Å². The predicted octanol–water partition coefficient (Wildman–Crippen LogP) is 2.44. The second kappa shape index (κ2) is 8.43. The molecule has 1 unspecified atom stereocenters. The van der Waals surface area contributed by atoms with Crippen LogP contribution in [0.15, 0.2) is 18.2 Å². The van der Waals surface area contributed by atoms with Crippen LogP contribution in [0.5, 0.6) is 11.5 Å². The molecule has 1 atom stereocenters. The summed E-state index contributed by atoms with van der Waals surface area (Å²) in [5.74, 6) is 0.115. The van der Waals surface area contributed by atoms with E-state index in [1.165, 1.54) is 0 Å². The van der Waals surface area contributed by atoms with Crippen molar-refractivity contribution in [3.8, 4) is 11.5 Å². The standard InChI is InChI=1S/C15H23NO4/c1-4-6-13(15(17)18)20-12-8-7-11(10-16-3)9-14(12)19-5-2/h7-9,13,16H,4-6,10H2,1-3H3,(H,17,18). The first-order chi connectivity index (χ1) is 9.62. The molecule has 0 fully saturated rings. The van der Waals surface area contributed by atoms with Crippen molar-refractivity contribution in [2.75, 3.05) is 13.7 Å². The maximum Gasteiger partial charge on any atom is 0.344 e. The van der Waals surface area contributed by atoms with Crippen LogP contribution in [0.25, 0.3) is 0 Å². The Balaban J connectivity index is 2.94. The zero-order chi connectivity index (χ0) is 15.0. The van der Waals surface area contributed by atoms with E-state index in [2.05, 4.69) is 5.32 Å². The van der Waals surface area contributed by atoms with E-state index < -0.39 is 12.1 Å². The van der Waals surface area contributed by atoms with Gasteiger partial charge >= 0.3 is 5.97 Å². The van der Waals surface area contributed by atoms with Gasteiger partial charge in [0, 0.05) is 6.54 Å². The van der Waals surface area contributed by atoms with Crippen molar-refractivity contribution in [2.24, 2.45) is 0 Å². The van der Waals surface area contributed by atoms with Crippen LogP contribution >= 0.6 is 0 Å². The first kappa shape index (κ1) is 16.3. The van der Waals surface area contributed by atoms with Gasteiger partial charge in [-0.3, -0.25) is 0 Å². The normalized spacial score (nSPS) is 11.9. The van der Waals surface area contributed by atoms with Gasteiger partial charge in [0.15, 0.2) is 17.6 Å². The quantitative estimate of drug-likeness (QED) is 0.727. The lowest BCUT2D eigenvalue weighted by molar-refractivity contribution is -0.145. The van der Waals surface area contributed by atoms with E-state index in [-0.39, 0.29) is 0 Å². The third-order valence-electron chi connectivity index (χ3n) is 2.78. The van der Waals surface area contributed by atoms with Gasteiger partial charge in [-0.05, 0) is 38.1 Å². The summed E-state index contributed by atoms with van der Waals surface area (Å²) in [6.07, 6.45) is 0.382. The molecule has 0 aliphatic heterocycles. The molecule has 0 heterocycles. The van der Waals surface area contributed by atoms with Gasteiger partial charge in [0.25, 0.3) is 0 Å². The SMILES string of the molecule is CCCC(Oc1ccc(CNC)cc1OCC)C(=O)O. The smallest absolute Gasteiger partial charge is 0.344 e. The van der Waals surface area contributed by atoms with Gasteiger partial charge in [0.1, 0.15) is 0 Å². The molecule has 0 spiro atoms. The van der Waals surface area contributed by atoms with Crippen LogP contribution in [0.3, 0.4) is 0 Å². The summed E-state index contributed by atoms with van der Waals surface area (Å²) >= 11 is 0. The van der Waals surface area contributed by atoms with Gasteiger partial charge in [-0.15, -0.1) is 0 Å². The Labute approximate surface area is 119 Å². The van der Waals surface area contributed by atoms with Crippen LogP contribution in [0.4, 0.5) is 0 Å². The van der Waals surface area contributed by atoms with Gasteiger partial charge in [-0.1, -0.05) is 19.4 Å². The molecule has 0 amide bonds. The Kier molecular flexibility index (Phi) is 6.87. The summed E-state index contributed by atoms with van der Waals surface area (Å²) in [4.78, 5) is 11.2. The molecule has 2 N–H and O–H groups in total. The summed E-state index contributed by atoms with van der Waals surface area (Å²) in [6.45, 7) is 5.04. The maximum atomic E-state index is 11.2. The second-order valence-corrected chi connectivity index (χ2v) is 4.48. The number of hydrogen-bond acceptors (Lipinski definition) is 4. The van der Waals surface area contributed by atoms with Crippen molar-refractivity contribution in [3.63, 3.8) is 0 Å². The molecule has 5 nitrogen and oxygen atoms in total. The fourth-order valence-electron chi connectivity index (χ4n) is 1.88. The molecule has 0 saturated carbocycles. The number of ether oxygens (including phenoxy) is 2. The average molecular weight is 281 g/mol. The minimum Gasteiger partial charge on any atom is -0.490 e. The van der Waals surface area contributed by atoms with Gasteiger partial charge in [-0.25, -0.2) is 4.79 Å². The second-order valence-electron chi connectivity index (χ2n) is 4.48. The Morgan fingerprint density at radius 1 is 1.35 bits per heavy atom. The highest BCUT2D eigenvalue weighted by atomic mass is 16.5. The maximum absolute atomic E-state index is 11.2. The Morgan fingerprint density at radius 3 is 2.65 bits per heavy atom. The molecular formula is C15H23NO4. The molecular weight excluding hydrogens is 258 g/mol. The summed E-state index contributed by atoms with van der Waals surface area (Å²) in [5.41, 5.74) is 1.06. The third kappa shape index (κ3) is 4.74. The highest BCUT2D eigenvalue weighted by molar-refractivity contribution is 5.72. The average Bonchev–Trinajstić information content (AvgIpc) is 2.41. The van der Waals surface area contributed by atoms with Crippen LogP contribution in [0.1, 0.15) is 32.3 Å². The Hall–Kier alpha value is -1.75. The number of nitrogens with one attached hydrogen (secondary N) is 1. The molecule has 0 saturated heterocycles. The number of carbonyl (C=O) groups is 1. The monoisotopic (exact) mass is 281 g/mol. The van der Waals surface area contributed by atoms with E-state index in [1.807, 2.05) is 33.0 Å². The van der Waals surface area contributed by atoms with E-state index in [0.29, 0.717) is 24.5 Å². The summed E-state index contributed by atoms with van der Waals surface area (Å²) < 4.78 is 11.1. The number of hydrogen-bond donors (Lipinski definition) is 2. The number of aliphatic carboxylic acids is 1. The topological polar surface area (TPSA) is 67.8 Å². The Bertz CT molecular complexity index is 434. The van der Waals surface area contributed by atoms with Crippen molar-refractivity contribution < 1.29 is 19.4 Å². The summed E-state index contributed by atoms with van der Waals surface area (Å²) in [7, 11) is 1.87. The number of carboxylic acids is 1. The van der Waals surface area contributed by atoms with Crippen molar-refractivity contribution >= 4 is 5.97 Å². The van der Waals surface area contributed by atoms with Gasteiger partial charge in [0.2, 0.25) is 0 Å². The molecule has 20 heavy (non-hydrogen) atoms. The predicted molar refractivity (Wildman–Crippen MR) is 77.3 cm³/mol. The lowest BCUT2D eigenvalue weighted by atomic mass is 10.2. The number of rotatable bonds is 9. The molecule has 0 aliphatic rings.